The van der Waals surface area contributed by atoms with E-state index in [2.05, 4.69) is 15.6 Å². The van der Waals surface area contributed by atoms with Crippen molar-refractivity contribution >= 4 is 34.1 Å². The highest BCUT2D eigenvalue weighted by Crippen LogP contribution is 2.16. The molecule has 0 saturated carbocycles. The van der Waals surface area contributed by atoms with Crippen LogP contribution in [0.3, 0.4) is 0 Å². The van der Waals surface area contributed by atoms with Crippen molar-refractivity contribution in [3.8, 4) is 0 Å². The van der Waals surface area contributed by atoms with Crippen LogP contribution in [0, 0.1) is 0 Å². The monoisotopic (exact) mass is 394 g/mol. The molecule has 0 atom stereocenters. The summed E-state index contributed by atoms with van der Waals surface area (Å²) >= 11 is 0. The minimum absolute atomic E-state index is 0.0864. The maximum atomic E-state index is 12.7. The predicted octanol–water partition coefficient (Wildman–Crippen LogP) is 3.28. The van der Waals surface area contributed by atoms with Gasteiger partial charge in [0.1, 0.15) is 0 Å². The quantitative estimate of drug-likeness (QED) is 0.473. The number of ketones is 1. The van der Waals surface area contributed by atoms with Crippen LogP contribution in [-0.4, -0.2) is 34.6 Å². The van der Waals surface area contributed by atoms with Crippen molar-refractivity contribution in [1.29, 1.82) is 0 Å². The topological polar surface area (TPSA) is 102 Å². The number of aromatic nitrogens is 2. The van der Waals surface area contributed by atoms with Crippen LogP contribution < -0.4 is 16.2 Å². The van der Waals surface area contributed by atoms with Gasteiger partial charge >= 0.3 is 6.03 Å². The largest absolute Gasteiger partial charge is 0.380 e. The highest BCUT2D eigenvalue weighted by atomic mass is 16.5. The van der Waals surface area contributed by atoms with Crippen LogP contribution in [0.1, 0.15) is 24.2 Å². The van der Waals surface area contributed by atoms with Gasteiger partial charge in [0.2, 0.25) is 0 Å². The first kappa shape index (κ1) is 20.2. The molecule has 2 aromatic carbocycles. The molecule has 29 heavy (non-hydrogen) atoms. The molecule has 0 aliphatic rings. The third-order valence-corrected chi connectivity index (χ3v) is 4.29. The number of hydrogen-bond donors (Lipinski definition) is 2. The second-order valence-corrected chi connectivity index (χ2v) is 6.39. The molecular weight excluding hydrogens is 372 g/mol. The lowest BCUT2D eigenvalue weighted by Crippen LogP contribution is -2.23. The maximum Gasteiger partial charge on any atom is 0.323 e. The number of nitrogens with zero attached hydrogens (tertiary/aromatic N) is 2. The number of rotatable bonds is 7. The number of hydrogen-bond acceptors (Lipinski definition) is 5. The number of Topliss-reactive ketones (excluding diaryl/α,β-unsaturated/α-hetero) is 1. The molecule has 8 nitrogen and oxygen atoms in total. The number of amides is 2. The van der Waals surface area contributed by atoms with E-state index in [1.54, 1.807) is 42.5 Å². The number of ether oxygens (including phenoxy) is 1. The average Bonchev–Trinajstić information content (AvgIpc) is 2.70. The van der Waals surface area contributed by atoms with Crippen LogP contribution in [0.2, 0.25) is 0 Å². The zero-order valence-electron chi connectivity index (χ0n) is 16.3. The molecule has 2 amide bonds. The van der Waals surface area contributed by atoms with Crippen molar-refractivity contribution in [2.45, 2.75) is 20.4 Å². The summed E-state index contributed by atoms with van der Waals surface area (Å²) in [7, 11) is 0. The van der Waals surface area contributed by atoms with Crippen molar-refractivity contribution in [1.82, 2.24) is 9.55 Å². The molecule has 1 heterocycles. The number of anilines is 2. The van der Waals surface area contributed by atoms with Crippen molar-refractivity contribution < 1.29 is 14.3 Å². The van der Waals surface area contributed by atoms with E-state index in [-0.39, 0.29) is 11.3 Å². The molecule has 0 aliphatic heterocycles. The fourth-order valence-corrected chi connectivity index (χ4v) is 2.81. The predicted molar refractivity (Wildman–Crippen MR) is 112 cm³/mol. The molecule has 3 rings (SSSR count). The molecule has 0 radical (unpaired) electrons. The minimum atomic E-state index is -0.481. The lowest BCUT2D eigenvalue weighted by atomic mass is 10.1. The first-order chi connectivity index (χ1) is 14.0. The summed E-state index contributed by atoms with van der Waals surface area (Å²) < 4.78 is 6.77. The second kappa shape index (κ2) is 9.11. The van der Waals surface area contributed by atoms with E-state index in [0.29, 0.717) is 47.6 Å². The van der Waals surface area contributed by atoms with Crippen LogP contribution in [0.4, 0.5) is 16.2 Å². The molecule has 0 spiro atoms. The Hall–Kier alpha value is -3.52. The fraction of sp³-hybridized carbons (Fsp3) is 0.238. The molecule has 8 heteroatoms. The summed E-state index contributed by atoms with van der Waals surface area (Å²) in [6.07, 6.45) is 1.49. The third kappa shape index (κ3) is 5.05. The molecule has 0 unspecified atom stereocenters. The number of carbonyl (C=O) groups is 2. The summed E-state index contributed by atoms with van der Waals surface area (Å²) in [5, 5.41) is 5.77. The molecule has 1 aromatic heterocycles. The Kier molecular flexibility index (Phi) is 6.36. The smallest absolute Gasteiger partial charge is 0.323 e. The Labute approximate surface area is 167 Å². The van der Waals surface area contributed by atoms with E-state index in [4.69, 9.17) is 4.74 Å². The van der Waals surface area contributed by atoms with Crippen LogP contribution in [0.5, 0.6) is 0 Å². The summed E-state index contributed by atoms with van der Waals surface area (Å²) in [5.41, 5.74) is 1.80. The van der Waals surface area contributed by atoms with E-state index in [1.165, 1.54) is 17.8 Å². The van der Waals surface area contributed by atoms with Gasteiger partial charge in [-0.2, -0.15) is 0 Å². The van der Waals surface area contributed by atoms with Gasteiger partial charge in [-0.3, -0.25) is 14.2 Å². The van der Waals surface area contributed by atoms with Crippen molar-refractivity contribution in [2.24, 2.45) is 0 Å². The zero-order valence-corrected chi connectivity index (χ0v) is 16.3. The average molecular weight is 394 g/mol. The van der Waals surface area contributed by atoms with E-state index in [1.807, 2.05) is 6.92 Å². The Morgan fingerprint density at radius 2 is 1.86 bits per heavy atom. The van der Waals surface area contributed by atoms with Gasteiger partial charge in [-0.1, -0.05) is 12.1 Å². The number of benzene rings is 2. The number of urea groups is 1. The third-order valence-electron chi connectivity index (χ3n) is 4.29. The van der Waals surface area contributed by atoms with Crippen molar-refractivity contribution in [3.05, 3.63) is 64.7 Å². The van der Waals surface area contributed by atoms with Gasteiger partial charge in [-0.15, -0.1) is 0 Å². The van der Waals surface area contributed by atoms with E-state index < -0.39 is 6.03 Å². The van der Waals surface area contributed by atoms with Gasteiger partial charge in [-0.05, 0) is 44.2 Å². The SMILES string of the molecule is CCOCCn1cnc2ccc(NC(=O)Nc3cccc(C(C)=O)c3)cc2c1=O. The lowest BCUT2D eigenvalue weighted by Gasteiger charge is -2.10. The Morgan fingerprint density at radius 1 is 1.10 bits per heavy atom. The summed E-state index contributed by atoms with van der Waals surface area (Å²) in [5.74, 6) is -0.0864. The maximum absolute atomic E-state index is 12.7. The summed E-state index contributed by atoms with van der Waals surface area (Å²) in [4.78, 5) is 40.7. The van der Waals surface area contributed by atoms with Gasteiger partial charge in [0, 0.05) is 23.5 Å². The van der Waals surface area contributed by atoms with Gasteiger partial charge in [0.25, 0.3) is 5.56 Å². The lowest BCUT2D eigenvalue weighted by molar-refractivity contribution is 0.101. The minimum Gasteiger partial charge on any atom is -0.380 e. The molecular formula is C21H22N4O4. The van der Waals surface area contributed by atoms with Gasteiger partial charge in [0.05, 0.1) is 30.4 Å². The molecule has 2 N–H and O–H groups in total. The highest BCUT2D eigenvalue weighted by Gasteiger charge is 2.09. The molecule has 0 saturated heterocycles. The van der Waals surface area contributed by atoms with Gasteiger partial charge in [0.15, 0.2) is 5.78 Å². The van der Waals surface area contributed by atoms with Crippen LogP contribution in [0.15, 0.2) is 53.6 Å². The first-order valence-electron chi connectivity index (χ1n) is 9.24. The van der Waals surface area contributed by atoms with Crippen LogP contribution in [-0.2, 0) is 11.3 Å². The Balaban J connectivity index is 1.76. The number of fused-ring (bicyclic) bond motifs is 1. The zero-order chi connectivity index (χ0) is 20.8. The Bertz CT molecular complexity index is 1110. The summed E-state index contributed by atoms with van der Waals surface area (Å²) in [6, 6.07) is 11.1. The summed E-state index contributed by atoms with van der Waals surface area (Å²) in [6.45, 7) is 4.75. The van der Waals surface area contributed by atoms with E-state index >= 15 is 0 Å². The molecule has 3 aromatic rings. The van der Waals surface area contributed by atoms with Gasteiger partial charge in [-0.25, -0.2) is 9.78 Å². The highest BCUT2D eigenvalue weighted by molar-refractivity contribution is 6.02. The van der Waals surface area contributed by atoms with E-state index in [0.717, 1.165) is 0 Å². The molecule has 0 bridgehead atoms. The first-order valence-corrected chi connectivity index (χ1v) is 9.24. The number of nitrogens with one attached hydrogen (secondary N) is 2. The molecule has 0 aliphatic carbocycles. The Morgan fingerprint density at radius 3 is 2.59 bits per heavy atom. The van der Waals surface area contributed by atoms with Crippen molar-refractivity contribution in [2.75, 3.05) is 23.8 Å². The van der Waals surface area contributed by atoms with Gasteiger partial charge < -0.3 is 15.4 Å². The van der Waals surface area contributed by atoms with Crippen LogP contribution >= 0.6 is 0 Å². The fourth-order valence-electron chi connectivity index (χ4n) is 2.81. The molecule has 0 fully saturated rings. The van der Waals surface area contributed by atoms with E-state index in [9.17, 15) is 14.4 Å². The molecule has 150 valence electrons. The normalized spacial score (nSPS) is 10.7. The second-order valence-electron chi connectivity index (χ2n) is 6.39. The van der Waals surface area contributed by atoms with Crippen molar-refractivity contribution in [3.63, 3.8) is 0 Å². The number of carbonyl (C=O) groups excluding carboxylic acids is 2. The standard InChI is InChI=1S/C21H22N4O4/c1-3-29-10-9-25-13-22-19-8-7-17(12-18(19)20(25)27)24-21(28)23-16-6-4-5-15(11-16)14(2)26/h4-8,11-13H,3,9-10H2,1-2H3,(H2,23,24,28). The van der Waals surface area contributed by atoms with Crippen LogP contribution in [0.25, 0.3) is 10.9 Å².